The largest absolute Gasteiger partial charge is 0.174 e. The summed E-state index contributed by atoms with van der Waals surface area (Å²) in [6.07, 6.45) is 4.92. The van der Waals surface area contributed by atoms with Crippen LogP contribution in [0.2, 0.25) is 0 Å². The van der Waals surface area contributed by atoms with E-state index in [4.69, 9.17) is 11.6 Å². The molecule has 0 amide bonds. The van der Waals surface area contributed by atoms with E-state index in [9.17, 15) is 0 Å². The Morgan fingerprint density at radius 1 is 1.21 bits per heavy atom. The molecule has 0 aliphatic carbocycles. The Bertz CT molecular complexity index is 253. The monoisotopic (exact) mass is 250 g/mol. The number of hydrogen-bond donors (Lipinski definition) is 0. The first kappa shape index (κ1) is 12.3. The summed E-state index contributed by atoms with van der Waals surface area (Å²) in [7, 11) is 0. The number of aromatic nitrogens is 2. The highest BCUT2D eigenvalue weighted by atomic mass is 35.5. The third-order valence-corrected chi connectivity index (χ3v) is 4.09. The van der Waals surface area contributed by atoms with Crippen molar-refractivity contribution in [3.63, 3.8) is 0 Å². The second-order valence-electron chi connectivity index (χ2n) is 3.04. The predicted octanol–water partition coefficient (Wildman–Crippen LogP) is 3.74. The standard InChI is InChI=1S/C9H15ClN2S2/c1-8-11-12-9(14-8)13-7-5-3-2-4-6-10/h2-7H2,1H3. The number of unbranched alkanes of at least 4 members (excludes halogenated alkanes) is 3. The third kappa shape index (κ3) is 5.17. The van der Waals surface area contributed by atoms with Gasteiger partial charge in [-0.1, -0.05) is 35.9 Å². The summed E-state index contributed by atoms with van der Waals surface area (Å²) >= 11 is 9.08. The summed E-state index contributed by atoms with van der Waals surface area (Å²) < 4.78 is 1.10. The van der Waals surface area contributed by atoms with E-state index in [0.717, 1.165) is 27.4 Å². The summed E-state index contributed by atoms with van der Waals surface area (Å²) in [6.45, 7) is 1.99. The quantitative estimate of drug-likeness (QED) is 0.419. The molecule has 0 aliphatic heterocycles. The van der Waals surface area contributed by atoms with Crippen molar-refractivity contribution < 1.29 is 0 Å². The fourth-order valence-corrected chi connectivity index (χ4v) is 3.12. The Labute approximate surface area is 98.5 Å². The van der Waals surface area contributed by atoms with Gasteiger partial charge in [0, 0.05) is 11.6 Å². The Morgan fingerprint density at radius 2 is 2.00 bits per heavy atom. The Balaban J connectivity index is 1.99. The van der Waals surface area contributed by atoms with Gasteiger partial charge in [0.15, 0.2) is 4.34 Å². The Morgan fingerprint density at radius 3 is 2.64 bits per heavy atom. The average Bonchev–Trinajstić information content (AvgIpc) is 2.58. The second-order valence-corrected chi connectivity index (χ2v) is 5.94. The second kappa shape index (κ2) is 7.49. The number of nitrogens with zero attached hydrogens (tertiary/aromatic N) is 2. The molecular weight excluding hydrogens is 236 g/mol. The van der Waals surface area contributed by atoms with Crippen LogP contribution in [0.3, 0.4) is 0 Å². The molecule has 1 heterocycles. The Kier molecular flexibility index (Phi) is 6.56. The van der Waals surface area contributed by atoms with Crippen molar-refractivity contribution in [1.82, 2.24) is 10.2 Å². The van der Waals surface area contributed by atoms with E-state index in [1.807, 2.05) is 18.7 Å². The molecule has 0 aromatic carbocycles. The molecule has 0 saturated carbocycles. The maximum absolute atomic E-state index is 5.59. The van der Waals surface area contributed by atoms with E-state index in [-0.39, 0.29) is 0 Å². The van der Waals surface area contributed by atoms with Gasteiger partial charge in [-0.2, -0.15) is 0 Å². The van der Waals surface area contributed by atoms with Crippen molar-refractivity contribution >= 4 is 34.7 Å². The lowest BCUT2D eigenvalue weighted by atomic mass is 10.2. The summed E-state index contributed by atoms with van der Waals surface area (Å²) in [5.41, 5.74) is 0. The molecule has 0 N–H and O–H groups in total. The molecule has 1 rings (SSSR count). The highest BCUT2D eigenvalue weighted by Gasteiger charge is 1.99. The van der Waals surface area contributed by atoms with Crippen LogP contribution in [0.25, 0.3) is 0 Å². The molecule has 0 spiro atoms. The molecule has 0 bridgehead atoms. The van der Waals surface area contributed by atoms with E-state index in [0.29, 0.717) is 0 Å². The lowest BCUT2D eigenvalue weighted by molar-refractivity contribution is 0.709. The molecule has 0 atom stereocenters. The molecule has 80 valence electrons. The molecule has 2 nitrogen and oxygen atoms in total. The van der Waals surface area contributed by atoms with Crippen LogP contribution < -0.4 is 0 Å². The molecule has 1 aromatic rings. The van der Waals surface area contributed by atoms with Crippen molar-refractivity contribution in [3.8, 4) is 0 Å². The van der Waals surface area contributed by atoms with Gasteiger partial charge >= 0.3 is 0 Å². The normalized spacial score (nSPS) is 10.7. The Hall–Kier alpha value is 0.200. The fourth-order valence-electron chi connectivity index (χ4n) is 1.05. The summed E-state index contributed by atoms with van der Waals surface area (Å²) in [5, 5.41) is 9.09. The van der Waals surface area contributed by atoms with Crippen molar-refractivity contribution in [2.24, 2.45) is 0 Å². The van der Waals surface area contributed by atoms with E-state index >= 15 is 0 Å². The molecule has 0 unspecified atom stereocenters. The van der Waals surface area contributed by atoms with Crippen LogP contribution in [-0.2, 0) is 0 Å². The SMILES string of the molecule is Cc1nnc(SCCCCCCCl)s1. The minimum absolute atomic E-state index is 0.794. The van der Waals surface area contributed by atoms with Gasteiger partial charge in [-0.05, 0) is 19.8 Å². The maximum atomic E-state index is 5.59. The lowest BCUT2D eigenvalue weighted by Gasteiger charge is -1.97. The number of hydrogen-bond acceptors (Lipinski definition) is 4. The lowest BCUT2D eigenvalue weighted by Crippen LogP contribution is -1.82. The zero-order valence-corrected chi connectivity index (χ0v) is 10.7. The molecular formula is C9H15ClN2S2. The zero-order chi connectivity index (χ0) is 10.2. The van der Waals surface area contributed by atoms with Gasteiger partial charge in [0.25, 0.3) is 0 Å². The van der Waals surface area contributed by atoms with Crippen LogP contribution in [0, 0.1) is 6.92 Å². The summed E-state index contributed by atoms with van der Waals surface area (Å²) in [6, 6.07) is 0. The van der Waals surface area contributed by atoms with Crippen LogP contribution in [0.4, 0.5) is 0 Å². The topological polar surface area (TPSA) is 25.8 Å². The smallest absolute Gasteiger partial charge is 0.143 e. The third-order valence-electron chi connectivity index (χ3n) is 1.76. The molecule has 1 aromatic heterocycles. The van der Waals surface area contributed by atoms with Crippen molar-refractivity contribution in [1.29, 1.82) is 0 Å². The van der Waals surface area contributed by atoms with Gasteiger partial charge < -0.3 is 0 Å². The number of halogens is 1. The van der Waals surface area contributed by atoms with Crippen molar-refractivity contribution in [2.45, 2.75) is 36.9 Å². The molecule has 0 fully saturated rings. The maximum Gasteiger partial charge on any atom is 0.174 e. The zero-order valence-electron chi connectivity index (χ0n) is 8.33. The van der Waals surface area contributed by atoms with Gasteiger partial charge in [0.1, 0.15) is 5.01 Å². The minimum atomic E-state index is 0.794. The highest BCUT2D eigenvalue weighted by Crippen LogP contribution is 2.22. The number of alkyl halides is 1. The van der Waals surface area contributed by atoms with Crippen LogP contribution >= 0.6 is 34.7 Å². The van der Waals surface area contributed by atoms with Crippen LogP contribution in [0.15, 0.2) is 4.34 Å². The van der Waals surface area contributed by atoms with Gasteiger partial charge in [0.2, 0.25) is 0 Å². The number of thioether (sulfide) groups is 1. The first-order valence-corrected chi connectivity index (χ1v) is 7.15. The van der Waals surface area contributed by atoms with Crippen LogP contribution in [0.5, 0.6) is 0 Å². The molecule has 0 radical (unpaired) electrons. The first-order valence-electron chi connectivity index (χ1n) is 4.82. The molecule has 5 heteroatoms. The van der Waals surface area contributed by atoms with E-state index < -0.39 is 0 Å². The van der Waals surface area contributed by atoms with Gasteiger partial charge in [0.05, 0.1) is 0 Å². The fraction of sp³-hybridized carbons (Fsp3) is 0.778. The number of aryl methyl sites for hydroxylation is 1. The van der Waals surface area contributed by atoms with Crippen molar-refractivity contribution in [2.75, 3.05) is 11.6 Å². The summed E-state index contributed by atoms with van der Waals surface area (Å²) in [5.74, 6) is 1.94. The molecule has 0 saturated heterocycles. The van der Waals surface area contributed by atoms with Gasteiger partial charge in [-0.25, -0.2) is 0 Å². The van der Waals surface area contributed by atoms with Crippen molar-refractivity contribution in [3.05, 3.63) is 5.01 Å². The molecule has 14 heavy (non-hydrogen) atoms. The van der Waals surface area contributed by atoms with E-state index in [1.165, 1.54) is 19.3 Å². The van der Waals surface area contributed by atoms with E-state index in [2.05, 4.69) is 10.2 Å². The first-order chi connectivity index (χ1) is 6.83. The minimum Gasteiger partial charge on any atom is -0.143 e. The van der Waals surface area contributed by atoms with Crippen LogP contribution in [-0.4, -0.2) is 21.8 Å². The molecule has 0 aliphatic rings. The number of rotatable bonds is 7. The average molecular weight is 251 g/mol. The highest BCUT2D eigenvalue weighted by molar-refractivity contribution is 8.01. The van der Waals surface area contributed by atoms with Gasteiger partial charge in [-0.15, -0.1) is 21.8 Å². The summed E-state index contributed by atoms with van der Waals surface area (Å²) in [4.78, 5) is 0. The van der Waals surface area contributed by atoms with E-state index in [1.54, 1.807) is 11.3 Å². The van der Waals surface area contributed by atoms with Gasteiger partial charge in [-0.3, -0.25) is 0 Å². The predicted molar refractivity (Wildman–Crippen MR) is 64.6 cm³/mol. The van der Waals surface area contributed by atoms with Crippen LogP contribution in [0.1, 0.15) is 30.7 Å².